The fourth-order valence-corrected chi connectivity index (χ4v) is 4.26. The van der Waals surface area contributed by atoms with Gasteiger partial charge < -0.3 is 34.5 Å². The van der Waals surface area contributed by atoms with Crippen molar-refractivity contribution in [2.45, 2.75) is 26.4 Å². The highest BCUT2D eigenvalue weighted by Gasteiger charge is 2.26. The number of carbonyl (C=O) groups excluding carboxylic acids is 1. The Kier molecular flexibility index (Phi) is 6.76. The second-order valence-corrected chi connectivity index (χ2v) is 9.58. The monoisotopic (exact) mass is 468 g/mol. The van der Waals surface area contributed by atoms with Crippen molar-refractivity contribution >= 4 is 29.0 Å². The van der Waals surface area contributed by atoms with Crippen molar-refractivity contribution in [1.29, 1.82) is 0 Å². The van der Waals surface area contributed by atoms with Gasteiger partial charge in [0, 0.05) is 69.8 Å². The Morgan fingerprint density at radius 1 is 0.882 bits per heavy atom. The minimum absolute atomic E-state index is 0.133. The fourth-order valence-electron chi connectivity index (χ4n) is 4.26. The molecule has 0 spiro atoms. The number of amides is 1. The van der Waals surface area contributed by atoms with Crippen LogP contribution in [0.3, 0.4) is 0 Å². The Morgan fingerprint density at radius 2 is 1.41 bits per heavy atom. The van der Waals surface area contributed by atoms with E-state index >= 15 is 0 Å². The van der Waals surface area contributed by atoms with Crippen molar-refractivity contribution in [3.63, 3.8) is 0 Å². The quantitative estimate of drug-likeness (QED) is 0.498. The van der Waals surface area contributed by atoms with Crippen LogP contribution in [0.5, 0.6) is 0 Å². The topological polar surface area (TPSA) is 95.3 Å². The lowest BCUT2D eigenvalue weighted by molar-refractivity contribution is -0.389. The number of hydrogen-bond donors (Lipinski definition) is 0. The number of aromatic nitrogens is 1. The zero-order chi connectivity index (χ0) is 24.3. The normalized spacial score (nSPS) is 17.0. The lowest BCUT2D eigenvalue weighted by Crippen LogP contribution is -2.50. The van der Waals surface area contributed by atoms with E-state index in [-0.39, 0.29) is 11.9 Å². The average molecular weight is 469 g/mol. The second-order valence-electron chi connectivity index (χ2n) is 9.58. The third-order valence-electron chi connectivity index (χ3n) is 6.06. The summed E-state index contributed by atoms with van der Waals surface area (Å²) in [6.07, 6.45) is 1.33. The maximum absolute atomic E-state index is 12.3. The van der Waals surface area contributed by atoms with E-state index < -0.39 is 10.5 Å². The highest BCUT2D eigenvalue weighted by Crippen LogP contribution is 2.26. The van der Waals surface area contributed by atoms with Crippen molar-refractivity contribution in [2.24, 2.45) is 0 Å². The maximum atomic E-state index is 12.3. The summed E-state index contributed by atoms with van der Waals surface area (Å²) in [5.41, 5.74) is 2.75. The molecule has 2 aliphatic heterocycles. The van der Waals surface area contributed by atoms with Crippen molar-refractivity contribution in [3.8, 4) is 0 Å². The molecule has 2 aromatic rings. The highest BCUT2D eigenvalue weighted by atomic mass is 16.6. The molecule has 34 heavy (non-hydrogen) atoms. The van der Waals surface area contributed by atoms with E-state index in [9.17, 15) is 14.9 Å². The maximum Gasteiger partial charge on any atom is 0.410 e. The molecule has 2 saturated heterocycles. The Labute approximate surface area is 199 Å². The SMILES string of the molecule is CC(C)(C)OC(=O)N1CCN(c2cccc(N3CCN(c4ccc([N+](=O)[O-])nc4)CC3)c2)CC1. The number of anilines is 3. The van der Waals surface area contributed by atoms with Crippen LogP contribution in [0, 0.1) is 10.1 Å². The summed E-state index contributed by atoms with van der Waals surface area (Å²) in [7, 11) is 0. The first-order chi connectivity index (χ1) is 16.2. The number of nitro groups is 1. The number of piperazine rings is 2. The van der Waals surface area contributed by atoms with Gasteiger partial charge in [-0.2, -0.15) is 0 Å². The molecule has 10 nitrogen and oxygen atoms in total. The zero-order valence-corrected chi connectivity index (χ0v) is 20.0. The molecule has 2 aliphatic rings. The number of hydrogen-bond acceptors (Lipinski definition) is 8. The van der Waals surface area contributed by atoms with Gasteiger partial charge in [-0.3, -0.25) is 0 Å². The van der Waals surface area contributed by atoms with Gasteiger partial charge in [0.25, 0.3) is 0 Å². The van der Waals surface area contributed by atoms with Gasteiger partial charge in [0.05, 0.1) is 5.69 Å². The van der Waals surface area contributed by atoms with Crippen LogP contribution in [0.1, 0.15) is 20.8 Å². The minimum Gasteiger partial charge on any atom is -0.444 e. The molecule has 2 fully saturated rings. The molecule has 1 aromatic heterocycles. The number of ether oxygens (including phenoxy) is 1. The summed E-state index contributed by atoms with van der Waals surface area (Å²) in [5.74, 6) is -0.133. The fraction of sp³-hybridized carbons (Fsp3) is 0.500. The molecule has 0 unspecified atom stereocenters. The van der Waals surface area contributed by atoms with Gasteiger partial charge in [0.15, 0.2) is 6.20 Å². The van der Waals surface area contributed by atoms with Gasteiger partial charge in [-0.15, -0.1) is 0 Å². The van der Waals surface area contributed by atoms with Crippen LogP contribution in [0.15, 0.2) is 42.6 Å². The molecular formula is C24H32N6O4. The molecule has 3 heterocycles. The van der Waals surface area contributed by atoms with E-state index in [1.165, 1.54) is 11.8 Å². The average Bonchev–Trinajstić information content (AvgIpc) is 2.83. The summed E-state index contributed by atoms with van der Waals surface area (Å²) >= 11 is 0. The minimum atomic E-state index is -0.485. The largest absolute Gasteiger partial charge is 0.444 e. The number of benzene rings is 1. The first-order valence-corrected chi connectivity index (χ1v) is 11.6. The van der Waals surface area contributed by atoms with Crippen LogP contribution in [-0.4, -0.2) is 78.9 Å². The summed E-state index contributed by atoms with van der Waals surface area (Å²) < 4.78 is 5.50. The summed E-state index contributed by atoms with van der Waals surface area (Å²) in [6.45, 7) is 11.8. The van der Waals surface area contributed by atoms with Gasteiger partial charge in [-0.25, -0.2) is 4.79 Å². The Morgan fingerprint density at radius 3 is 1.88 bits per heavy atom. The van der Waals surface area contributed by atoms with Crippen molar-refractivity contribution in [1.82, 2.24) is 9.88 Å². The Bertz CT molecular complexity index is 1010. The molecule has 0 aliphatic carbocycles. The van der Waals surface area contributed by atoms with Crippen LogP contribution in [0.2, 0.25) is 0 Å². The molecule has 0 radical (unpaired) electrons. The first kappa shape index (κ1) is 23.6. The van der Waals surface area contributed by atoms with E-state index in [2.05, 4.69) is 43.9 Å². The van der Waals surface area contributed by atoms with Gasteiger partial charge >= 0.3 is 11.9 Å². The van der Waals surface area contributed by atoms with Crippen molar-refractivity contribution in [3.05, 3.63) is 52.7 Å². The molecule has 1 amide bonds. The summed E-state index contributed by atoms with van der Waals surface area (Å²) in [5, 5.41) is 10.8. The van der Waals surface area contributed by atoms with Crippen LogP contribution in [-0.2, 0) is 4.74 Å². The Hall–Kier alpha value is -3.56. The zero-order valence-electron chi connectivity index (χ0n) is 20.0. The van der Waals surface area contributed by atoms with Crippen molar-refractivity contribution in [2.75, 3.05) is 67.1 Å². The van der Waals surface area contributed by atoms with Gasteiger partial charge in [0.1, 0.15) is 5.60 Å². The molecule has 1 aromatic carbocycles. The van der Waals surface area contributed by atoms with Gasteiger partial charge in [-0.05, 0) is 54.9 Å². The predicted molar refractivity (Wildman–Crippen MR) is 132 cm³/mol. The third kappa shape index (κ3) is 5.67. The van der Waals surface area contributed by atoms with Crippen LogP contribution in [0.4, 0.5) is 27.7 Å². The van der Waals surface area contributed by atoms with E-state index in [0.29, 0.717) is 13.1 Å². The molecule has 0 saturated carbocycles. The van der Waals surface area contributed by atoms with Gasteiger partial charge in [-0.1, -0.05) is 6.07 Å². The standard InChI is InChI=1S/C24H32N6O4/c1-24(2,3)34-23(31)29-15-13-27(14-16-29)20-6-4-5-19(17-20)26-9-11-28(12-10-26)21-7-8-22(25-18-21)30(32)33/h4-8,17-18H,9-16H2,1-3H3. The number of rotatable bonds is 4. The lowest BCUT2D eigenvalue weighted by Gasteiger charge is -2.38. The number of pyridine rings is 1. The van der Waals surface area contributed by atoms with Crippen LogP contribution < -0.4 is 14.7 Å². The molecule has 10 heteroatoms. The Balaban J connectivity index is 1.32. The predicted octanol–water partition coefficient (Wildman–Crippen LogP) is 3.37. The molecule has 0 N–H and O–H groups in total. The van der Waals surface area contributed by atoms with Crippen LogP contribution >= 0.6 is 0 Å². The lowest BCUT2D eigenvalue weighted by atomic mass is 10.2. The molecule has 0 bridgehead atoms. The molecular weight excluding hydrogens is 436 g/mol. The number of carbonyl (C=O) groups is 1. The molecule has 4 rings (SSSR count). The van der Waals surface area contributed by atoms with E-state index in [4.69, 9.17) is 4.74 Å². The van der Waals surface area contributed by atoms with E-state index in [1.54, 1.807) is 17.2 Å². The third-order valence-corrected chi connectivity index (χ3v) is 6.06. The highest BCUT2D eigenvalue weighted by molar-refractivity contribution is 5.69. The van der Waals surface area contributed by atoms with Crippen molar-refractivity contribution < 1.29 is 14.5 Å². The summed E-state index contributed by atoms with van der Waals surface area (Å²) in [6, 6.07) is 11.8. The van der Waals surface area contributed by atoms with Crippen LogP contribution in [0.25, 0.3) is 0 Å². The molecule has 182 valence electrons. The first-order valence-electron chi connectivity index (χ1n) is 11.6. The summed E-state index contributed by atoms with van der Waals surface area (Å²) in [4.78, 5) is 35.3. The van der Waals surface area contributed by atoms with Gasteiger partial charge in [0.2, 0.25) is 0 Å². The van der Waals surface area contributed by atoms with E-state index in [0.717, 1.165) is 50.6 Å². The number of nitrogens with zero attached hydrogens (tertiary/aromatic N) is 6. The molecule has 0 atom stereocenters. The second kappa shape index (κ2) is 9.74. The van der Waals surface area contributed by atoms with E-state index in [1.807, 2.05) is 20.8 Å². The smallest absolute Gasteiger partial charge is 0.410 e.